The summed E-state index contributed by atoms with van der Waals surface area (Å²) in [4.78, 5) is 28.6. The highest BCUT2D eigenvalue weighted by Crippen LogP contribution is 2.24. The molecule has 1 aliphatic heterocycles. The van der Waals surface area contributed by atoms with E-state index in [1.165, 1.54) is 11.2 Å². The van der Waals surface area contributed by atoms with Crippen molar-refractivity contribution in [2.24, 2.45) is 10.2 Å². The largest absolute Gasteiger partial charge is 0.497 e. The molecule has 0 aliphatic carbocycles. The number of carbonyl (C=O) groups excluding carboxylic acids is 2. The van der Waals surface area contributed by atoms with Crippen molar-refractivity contribution >= 4 is 17.6 Å². The van der Waals surface area contributed by atoms with Gasteiger partial charge < -0.3 is 9.57 Å². The number of rotatable bonds is 4. The normalized spacial score (nSPS) is 15.5. The lowest BCUT2D eigenvalue weighted by Crippen LogP contribution is -2.28. The van der Waals surface area contributed by atoms with Crippen molar-refractivity contribution in [3.05, 3.63) is 71.6 Å². The van der Waals surface area contributed by atoms with Crippen LogP contribution in [0.15, 0.2) is 70.7 Å². The van der Waals surface area contributed by atoms with Crippen LogP contribution in [0, 0.1) is 6.92 Å². The summed E-state index contributed by atoms with van der Waals surface area (Å²) in [5, 5.41) is 8.71. The number of hydrogen-bond donors (Lipinski definition) is 1. The van der Waals surface area contributed by atoms with Crippen LogP contribution in [0.3, 0.4) is 0 Å². The molecule has 2 aromatic carbocycles. The fraction of sp³-hybridized carbons (Fsp3) is 0.111. The van der Waals surface area contributed by atoms with Gasteiger partial charge in [-0.1, -0.05) is 23.3 Å². The summed E-state index contributed by atoms with van der Waals surface area (Å²) in [6.45, 7) is 1.92. The standard InChI is InChI=1S/C18H16N4O4/c1-12-3-5-13(6-4-12)17(23)20-19-11-16-18(24)26-21-22(16)14-7-9-15(25-2)10-8-14/h3-11,21H,1-2H3/b16-11+,20-19?. The van der Waals surface area contributed by atoms with Crippen LogP contribution in [0.5, 0.6) is 5.75 Å². The molecule has 8 nitrogen and oxygen atoms in total. The van der Waals surface area contributed by atoms with E-state index >= 15 is 0 Å². The smallest absolute Gasteiger partial charge is 0.378 e. The number of ether oxygens (including phenoxy) is 1. The van der Waals surface area contributed by atoms with Gasteiger partial charge in [0, 0.05) is 5.56 Å². The summed E-state index contributed by atoms with van der Waals surface area (Å²) in [6.07, 6.45) is 1.17. The summed E-state index contributed by atoms with van der Waals surface area (Å²) in [6, 6.07) is 13.9. The Morgan fingerprint density at radius 2 is 1.85 bits per heavy atom. The quantitative estimate of drug-likeness (QED) is 0.672. The Morgan fingerprint density at radius 1 is 1.15 bits per heavy atom. The van der Waals surface area contributed by atoms with Crippen molar-refractivity contribution in [2.75, 3.05) is 12.1 Å². The lowest BCUT2D eigenvalue weighted by atomic mass is 10.1. The first-order valence-corrected chi connectivity index (χ1v) is 7.71. The van der Waals surface area contributed by atoms with Gasteiger partial charge in [-0.2, -0.15) is 5.11 Å². The number of azo groups is 1. The number of hydrogen-bond acceptors (Lipinski definition) is 7. The molecule has 1 amide bonds. The van der Waals surface area contributed by atoms with Gasteiger partial charge in [0.1, 0.15) is 5.75 Å². The molecule has 132 valence electrons. The minimum absolute atomic E-state index is 0.0932. The first kappa shape index (κ1) is 17.3. The van der Waals surface area contributed by atoms with E-state index in [1.807, 2.05) is 19.1 Å². The molecule has 2 aromatic rings. The number of anilines is 1. The number of hydrazine groups is 1. The molecular weight excluding hydrogens is 336 g/mol. The van der Waals surface area contributed by atoms with Crippen molar-refractivity contribution in [3.63, 3.8) is 0 Å². The van der Waals surface area contributed by atoms with Crippen molar-refractivity contribution in [1.29, 1.82) is 0 Å². The maximum absolute atomic E-state index is 12.0. The van der Waals surface area contributed by atoms with Crippen LogP contribution < -0.4 is 15.3 Å². The van der Waals surface area contributed by atoms with Crippen LogP contribution in [-0.4, -0.2) is 19.0 Å². The summed E-state index contributed by atoms with van der Waals surface area (Å²) in [5.41, 5.74) is 4.65. The number of aryl methyl sites for hydroxylation is 1. The average Bonchev–Trinajstić information content (AvgIpc) is 3.03. The van der Waals surface area contributed by atoms with Gasteiger partial charge in [-0.25, -0.2) is 9.80 Å². The molecule has 26 heavy (non-hydrogen) atoms. The Balaban J connectivity index is 1.77. The molecule has 1 aliphatic rings. The number of nitrogens with zero attached hydrogens (tertiary/aromatic N) is 3. The number of methoxy groups -OCH3 is 1. The second-order valence-electron chi connectivity index (χ2n) is 5.42. The molecule has 1 saturated heterocycles. The zero-order valence-corrected chi connectivity index (χ0v) is 14.2. The fourth-order valence-electron chi connectivity index (χ4n) is 2.20. The molecule has 1 fully saturated rings. The topological polar surface area (TPSA) is 92.6 Å². The highest BCUT2D eigenvalue weighted by molar-refractivity contribution is 5.95. The van der Waals surface area contributed by atoms with Crippen molar-refractivity contribution in [2.45, 2.75) is 6.92 Å². The maximum atomic E-state index is 12.0. The monoisotopic (exact) mass is 352 g/mol. The number of nitrogens with one attached hydrogen (secondary N) is 1. The van der Waals surface area contributed by atoms with Gasteiger partial charge in [0.25, 0.3) is 5.91 Å². The summed E-state index contributed by atoms with van der Waals surface area (Å²) in [7, 11) is 1.56. The molecule has 1 N–H and O–H groups in total. The molecule has 1 heterocycles. The summed E-state index contributed by atoms with van der Waals surface area (Å²) < 4.78 is 5.10. The predicted molar refractivity (Wildman–Crippen MR) is 93.1 cm³/mol. The Bertz CT molecular complexity index is 873. The third kappa shape index (κ3) is 3.76. The number of amides is 1. The maximum Gasteiger partial charge on any atom is 0.378 e. The van der Waals surface area contributed by atoms with Gasteiger partial charge in [0.05, 0.1) is 19.0 Å². The van der Waals surface area contributed by atoms with Gasteiger partial charge >= 0.3 is 5.97 Å². The molecule has 0 aromatic heterocycles. The third-order valence-electron chi connectivity index (χ3n) is 3.64. The third-order valence-corrected chi connectivity index (χ3v) is 3.64. The molecule has 0 bridgehead atoms. The van der Waals surface area contributed by atoms with E-state index in [9.17, 15) is 9.59 Å². The minimum Gasteiger partial charge on any atom is -0.497 e. The van der Waals surface area contributed by atoms with Crippen LogP contribution in [0.2, 0.25) is 0 Å². The molecule has 0 atom stereocenters. The number of carbonyl (C=O) groups is 2. The molecule has 0 radical (unpaired) electrons. The Labute approximate surface area is 149 Å². The van der Waals surface area contributed by atoms with Gasteiger partial charge in [0.15, 0.2) is 5.70 Å². The van der Waals surface area contributed by atoms with Crippen molar-refractivity contribution in [1.82, 2.24) is 5.59 Å². The lowest BCUT2D eigenvalue weighted by Gasteiger charge is -2.14. The van der Waals surface area contributed by atoms with Crippen molar-refractivity contribution in [3.8, 4) is 5.75 Å². The van der Waals surface area contributed by atoms with Gasteiger partial charge in [-0.15, -0.1) is 5.11 Å². The first-order valence-electron chi connectivity index (χ1n) is 7.71. The van der Waals surface area contributed by atoms with E-state index in [0.717, 1.165) is 5.56 Å². The summed E-state index contributed by atoms with van der Waals surface area (Å²) >= 11 is 0. The van der Waals surface area contributed by atoms with Gasteiger partial charge in [-0.05, 0) is 43.3 Å². The number of benzene rings is 2. The van der Waals surface area contributed by atoms with Gasteiger partial charge in [-0.3, -0.25) is 4.79 Å². The fourth-order valence-corrected chi connectivity index (χ4v) is 2.20. The molecule has 0 spiro atoms. The zero-order chi connectivity index (χ0) is 18.5. The van der Waals surface area contributed by atoms with Crippen LogP contribution in [0.1, 0.15) is 15.9 Å². The molecular formula is C18H16N4O4. The van der Waals surface area contributed by atoms with Crippen LogP contribution in [-0.2, 0) is 9.63 Å². The van der Waals surface area contributed by atoms with Crippen molar-refractivity contribution < 1.29 is 19.2 Å². The van der Waals surface area contributed by atoms with E-state index in [0.29, 0.717) is 17.0 Å². The molecule has 3 rings (SSSR count). The highest BCUT2D eigenvalue weighted by Gasteiger charge is 2.29. The second kappa shape index (κ2) is 7.58. The average molecular weight is 352 g/mol. The van der Waals surface area contributed by atoms with E-state index in [2.05, 4.69) is 15.8 Å². The predicted octanol–water partition coefficient (Wildman–Crippen LogP) is 2.92. The highest BCUT2D eigenvalue weighted by atomic mass is 16.7. The summed E-state index contributed by atoms with van der Waals surface area (Å²) in [5.74, 6) is -0.464. The Kier molecular flexibility index (Phi) is 5.04. The minimum atomic E-state index is -0.637. The van der Waals surface area contributed by atoms with Gasteiger partial charge in [0.2, 0.25) is 0 Å². The zero-order valence-electron chi connectivity index (χ0n) is 14.2. The molecule has 8 heteroatoms. The Morgan fingerprint density at radius 3 is 2.50 bits per heavy atom. The van der Waals surface area contributed by atoms with E-state index < -0.39 is 11.9 Å². The van der Waals surface area contributed by atoms with Crippen LogP contribution in [0.4, 0.5) is 5.69 Å². The Hall–Kier alpha value is -3.52. The molecule has 0 unspecified atom stereocenters. The van der Waals surface area contributed by atoms with Crippen LogP contribution in [0.25, 0.3) is 0 Å². The van der Waals surface area contributed by atoms with E-state index in [4.69, 9.17) is 9.57 Å². The molecule has 0 saturated carbocycles. The van der Waals surface area contributed by atoms with E-state index in [-0.39, 0.29) is 5.70 Å². The first-order chi connectivity index (χ1) is 12.6. The van der Waals surface area contributed by atoms with Crippen LogP contribution >= 0.6 is 0 Å². The lowest BCUT2D eigenvalue weighted by molar-refractivity contribution is -0.140. The SMILES string of the molecule is COc1ccc(N2NOC(=O)/C2=C\N=NC(=O)c2ccc(C)cc2)cc1. The van der Waals surface area contributed by atoms with E-state index in [1.54, 1.807) is 43.5 Å². The second-order valence-corrected chi connectivity index (χ2v) is 5.42.